The number of amides is 2. The lowest BCUT2D eigenvalue weighted by Gasteiger charge is -2.80. The molecule has 3 aliphatic heterocycles. The Labute approximate surface area is 533 Å². The number of benzene rings is 2. The van der Waals surface area contributed by atoms with Gasteiger partial charge in [0, 0.05) is 100 Å². The van der Waals surface area contributed by atoms with Gasteiger partial charge in [0.25, 0.3) is 0 Å². The van der Waals surface area contributed by atoms with Crippen LogP contribution in [-0.2, 0) is 65.2 Å². The monoisotopic (exact) mass is 1280 g/mol. The number of unbranched alkanes of at least 4 members (excludes halogenated alkanes) is 1. The van der Waals surface area contributed by atoms with Gasteiger partial charge in [-0.2, -0.15) is 0 Å². The van der Waals surface area contributed by atoms with Gasteiger partial charge in [0.1, 0.15) is 17.5 Å². The van der Waals surface area contributed by atoms with Gasteiger partial charge >= 0.3 is 5.97 Å². The lowest BCUT2D eigenvalue weighted by Crippen LogP contribution is -2.85. The lowest BCUT2D eigenvalue weighted by molar-refractivity contribution is -0.295. The first-order chi connectivity index (χ1) is 44.4. The van der Waals surface area contributed by atoms with Crippen molar-refractivity contribution >= 4 is 17.8 Å². The molecule has 3 saturated heterocycles. The highest BCUT2D eigenvalue weighted by atomic mass is 19.1. The molecule has 5 aliphatic rings. The maximum absolute atomic E-state index is 13.7. The number of halogens is 3. The maximum atomic E-state index is 13.7. The number of esters is 1. The summed E-state index contributed by atoms with van der Waals surface area (Å²) in [5.41, 5.74) is 2.48. The number of likely N-dealkylation sites (tertiary alicyclic amines) is 2. The summed E-state index contributed by atoms with van der Waals surface area (Å²) in [4.78, 5) is 48.3. The van der Waals surface area contributed by atoms with E-state index in [9.17, 15) is 27.6 Å². The quantitative estimate of drug-likeness (QED) is 0.0316. The molecule has 2 saturated carbocycles. The van der Waals surface area contributed by atoms with Crippen molar-refractivity contribution in [2.45, 2.75) is 122 Å². The minimum atomic E-state index is -1.30. The predicted octanol–water partition coefficient (Wildman–Crippen LogP) is 5.75. The summed E-state index contributed by atoms with van der Waals surface area (Å²) in [7, 11) is 0. The summed E-state index contributed by atoms with van der Waals surface area (Å²) in [6.07, 6.45) is 10.7. The molecule has 2 aromatic carbocycles. The van der Waals surface area contributed by atoms with E-state index >= 15 is 0 Å². The van der Waals surface area contributed by atoms with Crippen LogP contribution in [0.15, 0.2) is 48.7 Å². The summed E-state index contributed by atoms with van der Waals surface area (Å²) < 4.78 is 93.1. The highest BCUT2D eigenvalue weighted by Crippen LogP contribution is 2.73. The first-order valence-corrected chi connectivity index (χ1v) is 33.0. The fourth-order valence-corrected chi connectivity index (χ4v) is 13.2. The van der Waals surface area contributed by atoms with E-state index in [2.05, 4.69) is 94.9 Å². The third-order valence-corrected chi connectivity index (χ3v) is 18.3. The van der Waals surface area contributed by atoms with Gasteiger partial charge in [-0.15, -0.1) is 15.3 Å². The van der Waals surface area contributed by atoms with E-state index < -0.39 is 29.2 Å². The Bertz CT molecular complexity index is 2810. The highest BCUT2D eigenvalue weighted by molar-refractivity contribution is 5.84. The van der Waals surface area contributed by atoms with Crippen LogP contribution in [0.2, 0.25) is 0 Å². The van der Waals surface area contributed by atoms with Gasteiger partial charge in [0.2, 0.25) is 17.6 Å². The Kier molecular flexibility index (Phi) is 27.8. The lowest BCUT2D eigenvalue weighted by atomic mass is 9.40. The second-order valence-corrected chi connectivity index (χ2v) is 24.6. The number of aryl methyl sites for hydroxylation is 2. The minimum Gasteiger partial charge on any atom is -0.420 e. The van der Waals surface area contributed by atoms with Gasteiger partial charge in [0.05, 0.1) is 136 Å². The van der Waals surface area contributed by atoms with Crippen molar-refractivity contribution in [3.8, 4) is 5.75 Å². The molecule has 91 heavy (non-hydrogen) atoms. The van der Waals surface area contributed by atoms with Crippen molar-refractivity contribution in [1.29, 1.82) is 0 Å². The molecule has 504 valence electrons. The van der Waals surface area contributed by atoms with Gasteiger partial charge in [-0.3, -0.25) is 19.3 Å². The fourth-order valence-electron chi connectivity index (χ4n) is 13.2. The number of piperazine rings is 1. The van der Waals surface area contributed by atoms with Crippen LogP contribution < -0.4 is 10.1 Å². The van der Waals surface area contributed by atoms with E-state index in [0.717, 1.165) is 107 Å². The molecule has 4 unspecified atom stereocenters. The normalized spacial score (nSPS) is 20.4. The molecule has 9 rings (SSSR count). The van der Waals surface area contributed by atoms with Crippen molar-refractivity contribution in [2.24, 2.45) is 11.3 Å². The summed E-state index contributed by atoms with van der Waals surface area (Å²) >= 11 is 0. The molecular formula is C65H96F3N11O12. The summed E-state index contributed by atoms with van der Waals surface area (Å²) in [6.45, 7) is 21.2. The first-order valence-electron chi connectivity index (χ1n) is 33.0. The van der Waals surface area contributed by atoms with E-state index in [1.165, 1.54) is 12.8 Å². The Hall–Kier alpha value is -5.52. The van der Waals surface area contributed by atoms with E-state index in [0.29, 0.717) is 154 Å². The third kappa shape index (κ3) is 20.0. The molecule has 0 bridgehead atoms. The van der Waals surface area contributed by atoms with Crippen LogP contribution in [-0.4, -0.2) is 244 Å². The smallest absolute Gasteiger partial charge is 0.313 e. The van der Waals surface area contributed by atoms with Gasteiger partial charge < -0.3 is 67.2 Å². The number of aromatic nitrogens is 6. The van der Waals surface area contributed by atoms with Gasteiger partial charge in [-0.05, 0) is 76.9 Å². The van der Waals surface area contributed by atoms with E-state index in [-0.39, 0.29) is 50.0 Å². The Morgan fingerprint density at radius 2 is 1.22 bits per heavy atom. The maximum Gasteiger partial charge on any atom is 0.313 e. The number of ether oxygens (including phenoxy) is 9. The Balaban J connectivity index is 0.498. The zero-order valence-corrected chi connectivity index (χ0v) is 53.5. The summed E-state index contributed by atoms with van der Waals surface area (Å²) in [5.74, 6) is -3.04. The molecule has 1 spiro atoms. The molecule has 5 atom stereocenters. The summed E-state index contributed by atoms with van der Waals surface area (Å²) in [6, 6.07) is 12.8. The molecule has 2 amide bonds. The zero-order valence-electron chi connectivity index (χ0n) is 53.5. The third-order valence-electron chi connectivity index (χ3n) is 18.3. The number of piperidine rings is 2. The highest BCUT2D eigenvalue weighted by Gasteiger charge is 2.75. The van der Waals surface area contributed by atoms with Crippen LogP contribution in [0.4, 0.5) is 13.2 Å². The fraction of sp³-hybridized carbons (Fsp3) is 0.708. The van der Waals surface area contributed by atoms with Gasteiger partial charge in [-0.25, -0.2) is 17.9 Å². The molecule has 0 radical (unpaired) electrons. The topological polar surface area (TPSA) is 221 Å². The minimum absolute atomic E-state index is 0.0415. The van der Waals surface area contributed by atoms with Crippen molar-refractivity contribution < 1.29 is 70.2 Å². The number of rotatable bonds is 45. The molecule has 23 nitrogen and oxygen atoms in total. The van der Waals surface area contributed by atoms with E-state index in [1.54, 1.807) is 0 Å². The first kappa shape index (κ1) is 69.8. The Morgan fingerprint density at radius 3 is 1.78 bits per heavy atom. The average Bonchev–Trinajstić information content (AvgIpc) is 1.18. The Morgan fingerprint density at radius 1 is 0.648 bits per heavy atom. The van der Waals surface area contributed by atoms with Crippen molar-refractivity contribution in [3.05, 3.63) is 89.0 Å². The standard InChI is InChI=1S/C65H96F3N11O12/c1-48(2)63-72-70-49(3)79(63)59-44-58-65(59)17-14-57(65)78(58)20-15-56(50-10-5-4-6-11-50)69-64(82)51-45-76(46-51)60(80)13-9-19-75-23-21-74(22-24-75)18-8-7-12-53-47-77(73-71-53)25-27-84-29-31-86-33-35-88-37-39-90-41-40-89-38-36-87-34-32-85-30-28-83-26-16-61(81)91-62-54(67)42-52(66)43-55(62)68/h4-6,10-11,42-43,47-48,51,56-59H,7-9,12-41,44-46H2,1-3H3,(H,69,82)/t56-,57?,58?,59?,65?/m0/s1. The largest absolute Gasteiger partial charge is 0.420 e. The number of nitrogens with zero attached hydrogens (tertiary/aromatic N) is 10. The van der Waals surface area contributed by atoms with Crippen LogP contribution in [0, 0.1) is 35.7 Å². The van der Waals surface area contributed by atoms with Crippen LogP contribution in [0.5, 0.6) is 5.75 Å². The molecule has 4 aromatic rings. The molecule has 5 heterocycles. The molecule has 2 aliphatic carbocycles. The predicted molar refractivity (Wildman–Crippen MR) is 329 cm³/mol. The van der Waals surface area contributed by atoms with Crippen molar-refractivity contribution in [2.75, 3.05) is 165 Å². The number of carbonyl (C=O) groups excluding carboxylic acids is 3. The van der Waals surface area contributed by atoms with Gasteiger partial charge in [-0.1, -0.05) is 49.4 Å². The van der Waals surface area contributed by atoms with Crippen molar-refractivity contribution in [3.63, 3.8) is 0 Å². The SMILES string of the molecule is Cc1nnc(C(C)C)n1C1CC2N(CC[C@H](NC(=O)C3CN(C(=O)CCCN4CCN(CCCCc5cn(CCOCCOCCOCCOCCOCCOCCOCCOCCC(=O)Oc6c(F)cc(F)cc6F)nn5)CC4)C3)c3ccccc3)C3CCC321. The zero-order chi connectivity index (χ0) is 63.8. The number of hydrogen-bond donors (Lipinski definition) is 1. The van der Waals surface area contributed by atoms with Crippen molar-refractivity contribution in [1.82, 2.24) is 54.7 Å². The molecule has 1 N–H and O–H groups in total. The van der Waals surface area contributed by atoms with Crippen LogP contribution in [0.3, 0.4) is 0 Å². The number of carbonyl (C=O) groups is 3. The van der Waals surface area contributed by atoms with Gasteiger partial charge in [0.15, 0.2) is 11.6 Å². The molecule has 2 aromatic heterocycles. The van der Waals surface area contributed by atoms with Crippen LogP contribution >= 0.6 is 0 Å². The van der Waals surface area contributed by atoms with E-state index in [4.69, 9.17) is 37.9 Å². The average molecular weight is 1280 g/mol. The number of nitrogens with one attached hydrogen (secondary N) is 1. The van der Waals surface area contributed by atoms with Crippen LogP contribution in [0.25, 0.3) is 0 Å². The molecule has 5 fully saturated rings. The van der Waals surface area contributed by atoms with E-state index in [1.807, 2.05) is 21.8 Å². The van der Waals surface area contributed by atoms with Crippen LogP contribution in [0.1, 0.15) is 113 Å². The number of hydrogen-bond acceptors (Lipinski definition) is 19. The second kappa shape index (κ2) is 36.2. The summed E-state index contributed by atoms with van der Waals surface area (Å²) in [5, 5.41) is 21.1. The molecule has 26 heteroatoms. The second-order valence-electron chi connectivity index (χ2n) is 24.6. The molecular weight excluding hydrogens is 1180 g/mol.